The molecule has 0 radical (unpaired) electrons. The maximum absolute atomic E-state index is 5.48. The molecule has 10 heavy (non-hydrogen) atoms. The van der Waals surface area contributed by atoms with E-state index in [1.54, 1.807) is 0 Å². The predicted molar refractivity (Wildman–Crippen MR) is 42.1 cm³/mol. The van der Waals surface area contributed by atoms with Gasteiger partial charge in [-0.2, -0.15) is 0 Å². The monoisotopic (exact) mass is 205 g/mol. The fourth-order valence-electron chi connectivity index (χ4n) is 0.538. The first-order valence-electron chi connectivity index (χ1n) is 3.09. The van der Waals surface area contributed by atoms with Crippen LogP contribution in [0.25, 0.3) is 0 Å². The van der Waals surface area contributed by atoms with Crippen LogP contribution in [0.4, 0.5) is 4.69 Å². The van der Waals surface area contributed by atoms with Crippen LogP contribution in [-0.2, 0) is 5.41 Å². The first-order chi connectivity index (χ1) is 4.50. The zero-order valence-corrected chi connectivity index (χ0v) is 8.09. The Morgan fingerprint density at radius 2 is 1.90 bits per heavy atom. The van der Waals surface area contributed by atoms with Gasteiger partial charge in [-0.05, 0) is 0 Å². The third kappa shape index (κ3) is 1.58. The van der Waals surface area contributed by atoms with Crippen molar-refractivity contribution in [3.05, 3.63) is 4.57 Å². The van der Waals surface area contributed by atoms with Crippen LogP contribution in [0.5, 0.6) is 0 Å². The van der Waals surface area contributed by atoms with E-state index in [0.717, 1.165) is 4.57 Å². The van der Waals surface area contributed by atoms with Crippen molar-refractivity contribution in [2.24, 2.45) is 0 Å². The number of nitrogens with two attached hydrogens (primary N) is 1. The van der Waals surface area contributed by atoms with E-state index in [1.165, 1.54) is 0 Å². The van der Waals surface area contributed by atoms with Crippen molar-refractivity contribution in [1.29, 1.82) is 0 Å². The van der Waals surface area contributed by atoms with Gasteiger partial charge in [-0.1, -0.05) is 0 Å². The van der Waals surface area contributed by atoms with Crippen molar-refractivity contribution in [2.45, 2.75) is 26.2 Å². The van der Waals surface area contributed by atoms with Crippen LogP contribution in [0.3, 0.4) is 0 Å². The molecule has 4 heteroatoms. The van der Waals surface area contributed by atoms with Crippen molar-refractivity contribution >= 4 is 19.2 Å². The molecule has 2 N–H and O–H groups in total. The molecular weight excluding hydrogens is 193 g/mol. The van der Waals surface area contributed by atoms with Crippen molar-refractivity contribution in [3.63, 3.8) is 0 Å². The summed E-state index contributed by atoms with van der Waals surface area (Å²) in [6.45, 7) is 6.38. The fourth-order valence-corrected chi connectivity index (χ4v) is 1.94. The Kier molecular flexibility index (Phi) is 1.84. The van der Waals surface area contributed by atoms with Crippen LogP contribution in [0, 0.1) is 0 Å². The average molecular weight is 204 g/mol. The number of anilines is 1. The van der Waals surface area contributed by atoms with Gasteiger partial charge in [-0.3, -0.25) is 0 Å². The molecule has 0 aliphatic carbocycles. The molecule has 3 nitrogen and oxygen atoms in total. The number of hydrogen-bond donors (Lipinski definition) is 1. The van der Waals surface area contributed by atoms with Crippen LogP contribution >= 0.6 is 0 Å². The molecule has 56 valence electrons. The first kappa shape index (κ1) is 7.76. The third-order valence-corrected chi connectivity index (χ3v) is 3.55. The second-order valence-electron chi connectivity index (χ2n) is 3.20. The van der Waals surface area contributed by atoms with Gasteiger partial charge in [0.25, 0.3) is 0 Å². The molecule has 0 atom stereocenters. The number of nitrogen functional groups attached to an aromatic ring is 1. The van der Waals surface area contributed by atoms with Crippen molar-refractivity contribution in [3.8, 4) is 0 Å². The zero-order chi connectivity index (χ0) is 7.78. The SMILES string of the molecule is CC(C)(C)c1nnc(N)[se]1. The standard InChI is InChI=1S/C6H11N3Se/c1-6(2,3)4-8-9-5(7)10-4/h1-3H3,(H2,7,9). The number of aromatic nitrogens is 2. The molecular formula is C6H11N3Se. The Bertz CT molecular complexity index is 223. The van der Waals surface area contributed by atoms with Crippen molar-refractivity contribution < 1.29 is 0 Å². The molecule has 0 saturated heterocycles. The predicted octanol–water partition coefficient (Wildman–Crippen LogP) is 0.413. The summed E-state index contributed by atoms with van der Waals surface area (Å²) in [6.07, 6.45) is 0. The van der Waals surface area contributed by atoms with Crippen LogP contribution in [0.1, 0.15) is 25.3 Å². The molecule has 0 saturated carbocycles. The summed E-state index contributed by atoms with van der Waals surface area (Å²) >= 11 is 0.207. The van der Waals surface area contributed by atoms with E-state index < -0.39 is 0 Å². The quantitative estimate of drug-likeness (QED) is 0.623. The van der Waals surface area contributed by atoms with E-state index in [-0.39, 0.29) is 19.9 Å². The Morgan fingerprint density at radius 3 is 2.10 bits per heavy atom. The van der Waals surface area contributed by atoms with Gasteiger partial charge in [-0.25, -0.2) is 0 Å². The van der Waals surface area contributed by atoms with E-state index >= 15 is 0 Å². The average Bonchev–Trinajstić information content (AvgIpc) is 2.11. The van der Waals surface area contributed by atoms with E-state index in [9.17, 15) is 0 Å². The van der Waals surface area contributed by atoms with Gasteiger partial charge in [-0.15, -0.1) is 0 Å². The van der Waals surface area contributed by atoms with Crippen LogP contribution in [0.2, 0.25) is 0 Å². The van der Waals surface area contributed by atoms with Crippen LogP contribution in [-0.4, -0.2) is 24.7 Å². The first-order valence-corrected chi connectivity index (χ1v) is 4.81. The fraction of sp³-hybridized carbons (Fsp3) is 0.667. The van der Waals surface area contributed by atoms with Crippen LogP contribution in [0.15, 0.2) is 0 Å². The molecule has 0 unspecified atom stereocenters. The Hall–Kier alpha value is -0.341. The normalized spacial score (nSPS) is 11.9. The molecule has 0 aliphatic heterocycles. The minimum absolute atomic E-state index is 0.143. The second-order valence-corrected chi connectivity index (χ2v) is 5.31. The molecule has 1 aromatic rings. The molecule has 0 spiro atoms. The van der Waals surface area contributed by atoms with Gasteiger partial charge < -0.3 is 0 Å². The molecule has 1 rings (SSSR count). The Balaban J connectivity index is 2.96. The molecule has 0 aromatic carbocycles. The van der Waals surface area contributed by atoms with Crippen molar-refractivity contribution in [1.82, 2.24) is 10.2 Å². The van der Waals surface area contributed by atoms with Gasteiger partial charge in [0.2, 0.25) is 0 Å². The van der Waals surface area contributed by atoms with E-state index in [4.69, 9.17) is 5.73 Å². The summed E-state index contributed by atoms with van der Waals surface area (Å²) < 4.78 is 1.83. The van der Waals surface area contributed by atoms with Gasteiger partial charge >= 0.3 is 65.9 Å². The molecule has 0 amide bonds. The van der Waals surface area contributed by atoms with E-state index in [2.05, 4.69) is 31.0 Å². The Labute approximate surface area is 66.4 Å². The molecule has 0 fully saturated rings. The summed E-state index contributed by atoms with van der Waals surface area (Å²) in [5, 5.41) is 7.79. The summed E-state index contributed by atoms with van der Waals surface area (Å²) in [5.74, 6) is 0. The number of nitrogens with zero attached hydrogens (tertiary/aromatic N) is 2. The van der Waals surface area contributed by atoms with E-state index in [0.29, 0.717) is 4.69 Å². The topological polar surface area (TPSA) is 51.8 Å². The molecule has 0 bridgehead atoms. The van der Waals surface area contributed by atoms with Gasteiger partial charge in [0.05, 0.1) is 0 Å². The minimum atomic E-state index is 0.143. The Morgan fingerprint density at radius 1 is 1.30 bits per heavy atom. The van der Waals surface area contributed by atoms with Gasteiger partial charge in [0.15, 0.2) is 0 Å². The third-order valence-electron chi connectivity index (χ3n) is 1.08. The van der Waals surface area contributed by atoms with Gasteiger partial charge in [0.1, 0.15) is 0 Å². The molecule has 1 aromatic heterocycles. The molecule has 1 heterocycles. The second kappa shape index (κ2) is 2.36. The zero-order valence-electron chi connectivity index (χ0n) is 6.38. The summed E-state index contributed by atoms with van der Waals surface area (Å²) in [7, 11) is 0. The maximum atomic E-state index is 5.48. The van der Waals surface area contributed by atoms with Gasteiger partial charge in [0, 0.05) is 0 Å². The molecule has 0 aliphatic rings. The van der Waals surface area contributed by atoms with Crippen LogP contribution < -0.4 is 5.73 Å². The number of rotatable bonds is 0. The van der Waals surface area contributed by atoms with Crippen molar-refractivity contribution in [2.75, 3.05) is 5.73 Å². The number of hydrogen-bond acceptors (Lipinski definition) is 3. The van der Waals surface area contributed by atoms with E-state index in [1.807, 2.05) is 0 Å². The summed E-state index contributed by atoms with van der Waals surface area (Å²) in [6, 6.07) is 0. The summed E-state index contributed by atoms with van der Waals surface area (Å²) in [4.78, 5) is 0. The summed E-state index contributed by atoms with van der Waals surface area (Å²) in [5.41, 5.74) is 5.63.